The summed E-state index contributed by atoms with van der Waals surface area (Å²) in [6, 6.07) is 0. The molecule has 0 atom stereocenters. The molecule has 0 aliphatic heterocycles. The van der Waals surface area contributed by atoms with Gasteiger partial charge in [-0.1, -0.05) is 13.8 Å². The second-order valence-electron chi connectivity index (χ2n) is 4.18. The van der Waals surface area contributed by atoms with Gasteiger partial charge < -0.3 is 5.73 Å². The normalized spacial score (nSPS) is 12.2. The maximum Gasteiger partial charge on any atom is 0.396 e. The van der Waals surface area contributed by atoms with E-state index in [-0.39, 0.29) is 11.6 Å². The zero-order chi connectivity index (χ0) is 13.2. The maximum atomic E-state index is 12.2. The standard InChI is InChI=1S/C10H13F3IN3/c1-5(2)3-6-8(14)9(15)17-7(16-6)4-10(11,12)13/h5H,3-4H2,1-2H3,(H2,15,16,17). The van der Waals surface area contributed by atoms with Crippen LogP contribution in [0.2, 0.25) is 0 Å². The highest BCUT2D eigenvalue weighted by molar-refractivity contribution is 14.1. The van der Waals surface area contributed by atoms with Gasteiger partial charge in [-0.25, -0.2) is 9.97 Å². The number of nitrogens with two attached hydrogens (primary N) is 1. The van der Waals surface area contributed by atoms with Gasteiger partial charge in [0, 0.05) is 0 Å². The first-order valence-electron chi connectivity index (χ1n) is 5.06. The summed E-state index contributed by atoms with van der Waals surface area (Å²) in [5.41, 5.74) is 6.18. The quantitative estimate of drug-likeness (QED) is 0.845. The van der Waals surface area contributed by atoms with Gasteiger partial charge >= 0.3 is 6.18 Å². The Morgan fingerprint density at radius 2 is 1.88 bits per heavy atom. The minimum absolute atomic E-state index is 0.121. The maximum absolute atomic E-state index is 12.2. The molecule has 96 valence electrons. The molecule has 1 aromatic heterocycles. The lowest BCUT2D eigenvalue weighted by molar-refractivity contribution is -0.128. The molecule has 0 saturated carbocycles. The van der Waals surface area contributed by atoms with Crippen molar-refractivity contribution in [2.24, 2.45) is 5.92 Å². The van der Waals surface area contributed by atoms with Gasteiger partial charge in [-0.2, -0.15) is 13.2 Å². The molecule has 0 bridgehead atoms. The van der Waals surface area contributed by atoms with E-state index in [1.54, 1.807) is 0 Å². The van der Waals surface area contributed by atoms with Gasteiger partial charge in [-0.05, 0) is 34.9 Å². The summed E-state index contributed by atoms with van der Waals surface area (Å²) in [6.45, 7) is 3.94. The summed E-state index contributed by atoms with van der Waals surface area (Å²) in [5.74, 6) is 0.165. The van der Waals surface area contributed by atoms with E-state index in [9.17, 15) is 13.2 Å². The SMILES string of the molecule is CC(C)Cc1nc(CC(F)(F)F)nc(N)c1I. The fourth-order valence-corrected chi connectivity index (χ4v) is 1.81. The first kappa shape index (κ1) is 14.5. The summed E-state index contributed by atoms with van der Waals surface area (Å²) in [5, 5.41) is 0. The Bertz CT molecular complexity index is 405. The summed E-state index contributed by atoms with van der Waals surface area (Å²) in [4.78, 5) is 7.61. The number of alkyl halides is 3. The first-order valence-corrected chi connectivity index (χ1v) is 6.14. The van der Waals surface area contributed by atoms with Crippen molar-refractivity contribution in [2.45, 2.75) is 32.9 Å². The Morgan fingerprint density at radius 3 is 2.35 bits per heavy atom. The molecule has 0 spiro atoms. The first-order chi connectivity index (χ1) is 7.69. The van der Waals surface area contributed by atoms with E-state index in [0.29, 0.717) is 21.6 Å². The fraction of sp³-hybridized carbons (Fsp3) is 0.600. The van der Waals surface area contributed by atoms with Gasteiger partial charge in [-0.3, -0.25) is 0 Å². The molecular formula is C10H13F3IN3. The van der Waals surface area contributed by atoms with E-state index < -0.39 is 12.6 Å². The number of rotatable bonds is 3. The number of aromatic nitrogens is 2. The van der Waals surface area contributed by atoms with Crippen LogP contribution in [0.4, 0.5) is 19.0 Å². The minimum Gasteiger partial charge on any atom is -0.383 e. The third-order valence-corrected chi connectivity index (χ3v) is 3.13. The summed E-state index contributed by atoms with van der Waals surface area (Å²) < 4.78 is 37.4. The van der Waals surface area contributed by atoms with Crippen LogP contribution in [-0.4, -0.2) is 16.1 Å². The van der Waals surface area contributed by atoms with E-state index in [0.717, 1.165) is 0 Å². The number of halogens is 4. The zero-order valence-electron chi connectivity index (χ0n) is 9.48. The number of hydrogen-bond acceptors (Lipinski definition) is 3. The topological polar surface area (TPSA) is 51.8 Å². The third-order valence-electron chi connectivity index (χ3n) is 1.95. The lowest BCUT2D eigenvalue weighted by Gasteiger charge is -2.11. The summed E-state index contributed by atoms with van der Waals surface area (Å²) in [6.07, 6.45) is -4.86. The Labute approximate surface area is 111 Å². The number of anilines is 1. The summed E-state index contributed by atoms with van der Waals surface area (Å²) in [7, 11) is 0. The Morgan fingerprint density at radius 1 is 1.29 bits per heavy atom. The molecule has 2 N–H and O–H groups in total. The van der Waals surface area contributed by atoms with E-state index >= 15 is 0 Å². The van der Waals surface area contributed by atoms with E-state index in [1.807, 2.05) is 36.4 Å². The highest BCUT2D eigenvalue weighted by atomic mass is 127. The molecular weight excluding hydrogens is 346 g/mol. The van der Waals surface area contributed by atoms with Crippen molar-refractivity contribution in [2.75, 3.05) is 5.73 Å². The second kappa shape index (κ2) is 5.36. The lowest BCUT2D eigenvalue weighted by atomic mass is 10.1. The third kappa shape index (κ3) is 4.64. The van der Waals surface area contributed by atoms with Crippen LogP contribution in [0.1, 0.15) is 25.4 Å². The van der Waals surface area contributed by atoms with E-state index in [4.69, 9.17) is 5.73 Å². The van der Waals surface area contributed by atoms with Crippen molar-refractivity contribution in [3.63, 3.8) is 0 Å². The molecule has 0 radical (unpaired) electrons. The molecule has 0 unspecified atom stereocenters. The fourth-order valence-electron chi connectivity index (χ4n) is 1.35. The van der Waals surface area contributed by atoms with E-state index in [2.05, 4.69) is 9.97 Å². The molecule has 0 aromatic carbocycles. The molecule has 7 heteroatoms. The average molecular weight is 359 g/mol. The van der Waals surface area contributed by atoms with Crippen LogP contribution in [0.15, 0.2) is 0 Å². The monoisotopic (exact) mass is 359 g/mol. The van der Waals surface area contributed by atoms with Crippen LogP contribution in [0.3, 0.4) is 0 Å². The molecule has 1 rings (SSSR count). The Balaban J connectivity index is 3.06. The van der Waals surface area contributed by atoms with Gasteiger partial charge in [0.15, 0.2) is 0 Å². The van der Waals surface area contributed by atoms with Crippen molar-refractivity contribution in [3.05, 3.63) is 15.1 Å². The highest BCUT2D eigenvalue weighted by Crippen LogP contribution is 2.23. The summed E-state index contributed by atoms with van der Waals surface area (Å²) >= 11 is 1.96. The van der Waals surface area contributed by atoms with Crippen LogP contribution in [-0.2, 0) is 12.8 Å². The van der Waals surface area contributed by atoms with Gasteiger partial charge in [0.1, 0.15) is 18.1 Å². The molecule has 0 amide bonds. The van der Waals surface area contributed by atoms with Crippen molar-refractivity contribution in [1.82, 2.24) is 9.97 Å². The number of nitrogens with zero attached hydrogens (tertiary/aromatic N) is 2. The van der Waals surface area contributed by atoms with Crippen molar-refractivity contribution in [1.29, 1.82) is 0 Å². The molecule has 0 aliphatic rings. The van der Waals surface area contributed by atoms with Gasteiger partial charge in [-0.15, -0.1) is 0 Å². The van der Waals surface area contributed by atoms with Crippen LogP contribution >= 0.6 is 22.6 Å². The Hall–Kier alpha value is -0.600. The smallest absolute Gasteiger partial charge is 0.383 e. The van der Waals surface area contributed by atoms with E-state index in [1.165, 1.54) is 0 Å². The molecule has 1 heterocycles. The number of nitrogen functional groups attached to an aromatic ring is 1. The van der Waals surface area contributed by atoms with Gasteiger partial charge in [0.05, 0.1) is 9.26 Å². The van der Waals surface area contributed by atoms with Crippen molar-refractivity contribution >= 4 is 28.4 Å². The van der Waals surface area contributed by atoms with Crippen LogP contribution in [0.25, 0.3) is 0 Å². The molecule has 1 aromatic rings. The molecule has 17 heavy (non-hydrogen) atoms. The Kier molecular flexibility index (Phi) is 4.56. The molecule has 0 aliphatic carbocycles. The largest absolute Gasteiger partial charge is 0.396 e. The lowest BCUT2D eigenvalue weighted by Crippen LogP contribution is -2.17. The molecule has 0 fully saturated rings. The van der Waals surface area contributed by atoms with Crippen molar-refractivity contribution in [3.8, 4) is 0 Å². The number of hydrogen-bond donors (Lipinski definition) is 1. The van der Waals surface area contributed by atoms with Crippen LogP contribution in [0.5, 0.6) is 0 Å². The zero-order valence-corrected chi connectivity index (χ0v) is 11.6. The van der Waals surface area contributed by atoms with Gasteiger partial charge in [0.2, 0.25) is 0 Å². The van der Waals surface area contributed by atoms with Crippen molar-refractivity contribution < 1.29 is 13.2 Å². The highest BCUT2D eigenvalue weighted by Gasteiger charge is 2.30. The van der Waals surface area contributed by atoms with Gasteiger partial charge in [0.25, 0.3) is 0 Å². The van der Waals surface area contributed by atoms with Crippen LogP contribution < -0.4 is 5.73 Å². The predicted octanol–water partition coefficient (Wildman–Crippen LogP) is 2.97. The molecule has 3 nitrogen and oxygen atoms in total. The molecule has 0 saturated heterocycles. The second-order valence-corrected chi connectivity index (χ2v) is 5.25. The van der Waals surface area contributed by atoms with Crippen LogP contribution in [0, 0.1) is 9.49 Å². The predicted molar refractivity (Wildman–Crippen MR) is 67.5 cm³/mol. The minimum atomic E-state index is -4.31. The average Bonchev–Trinajstić information content (AvgIpc) is 2.09.